The van der Waals surface area contributed by atoms with Crippen molar-refractivity contribution in [1.29, 1.82) is 0 Å². The number of aryl methyl sites for hydroxylation is 1. The van der Waals surface area contributed by atoms with Crippen LogP contribution in [0.2, 0.25) is 0 Å². The van der Waals surface area contributed by atoms with Crippen molar-refractivity contribution >= 4 is 11.1 Å². The van der Waals surface area contributed by atoms with Crippen molar-refractivity contribution in [2.75, 3.05) is 7.11 Å². The number of aromatic amines is 1. The molecule has 0 unspecified atom stereocenters. The van der Waals surface area contributed by atoms with Gasteiger partial charge in [0.1, 0.15) is 5.39 Å². The Morgan fingerprint density at radius 3 is 2.89 bits per heavy atom. The number of ether oxygens (including phenoxy) is 1. The van der Waals surface area contributed by atoms with Crippen LogP contribution in [0.3, 0.4) is 0 Å². The largest absolute Gasteiger partial charge is 0.468 e. The van der Waals surface area contributed by atoms with Gasteiger partial charge in [0.25, 0.3) is 11.6 Å². The Bertz CT molecular complexity index is 672. The van der Waals surface area contributed by atoms with E-state index < -0.39 is 5.63 Å². The van der Waals surface area contributed by atoms with Gasteiger partial charge in [-0.25, -0.2) is 4.79 Å². The van der Waals surface area contributed by atoms with Gasteiger partial charge in [-0.15, -0.1) is 0 Å². The third-order valence-corrected chi connectivity index (χ3v) is 2.67. The highest BCUT2D eigenvalue weighted by Gasteiger charge is 2.12. The van der Waals surface area contributed by atoms with Crippen molar-refractivity contribution in [1.82, 2.24) is 9.97 Å². The topological polar surface area (TPSA) is 85.2 Å². The summed E-state index contributed by atoms with van der Waals surface area (Å²) in [4.78, 5) is 29.8. The number of methoxy groups -OCH3 is 1. The van der Waals surface area contributed by atoms with E-state index in [4.69, 9.17) is 9.15 Å². The normalized spacial score (nSPS) is 10.8. The molecule has 0 aliphatic rings. The summed E-state index contributed by atoms with van der Waals surface area (Å²) in [6, 6.07) is 1.38. The first-order valence-corrected chi connectivity index (χ1v) is 5.76. The number of fused-ring (bicyclic) bond motifs is 1. The number of aromatic nitrogens is 2. The number of unbranched alkanes of at least 4 members (excludes halogenated alkanes) is 1. The molecule has 0 aromatic carbocycles. The summed E-state index contributed by atoms with van der Waals surface area (Å²) in [7, 11) is 1.38. The van der Waals surface area contributed by atoms with Crippen LogP contribution in [0.1, 0.15) is 25.3 Å². The summed E-state index contributed by atoms with van der Waals surface area (Å²) in [5.41, 5.74) is -0.172. The zero-order valence-electron chi connectivity index (χ0n) is 10.3. The minimum atomic E-state index is -0.506. The second kappa shape index (κ2) is 5.03. The summed E-state index contributed by atoms with van der Waals surface area (Å²) in [6.07, 6.45) is 2.52. The van der Waals surface area contributed by atoms with Crippen LogP contribution in [0.4, 0.5) is 0 Å². The SMILES string of the molecule is CCCCc1cc(=O)oc2nc(OC)[nH]c(=O)c12. The van der Waals surface area contributed by atoms with Gasteiger partial charge in [-0.05, 0) is 18.4 Å². The van der Waals surface area contributed by atoms with Crippen molar-refractivity contribution in [3.63, 3.8) is 0 Å². The maximum atomic E-state index is 11.9. The van der Waals surface area contributed by atoms with E-state index in [0.717, 1.165) is 12.8 Å². The lowest BCUT2D eigenvalue weighted by Crippen LogP contribution is -2.14. The monoisotopic (exact) mass is 250 g/mol. The minimum absolute atomic E-state index is 0.0224. The van der Waals surface area contributed by atoms with Crippen LogP contribution in [-0.2, 0) is 6.42 Å². The van der Waals surface area contributed by atoms with Crippen LogP contribution in [-0.4, -0.2) is 17.1 Å². The molecule has 0 saturated heterocycles. The summed E-state index contributed by atoms with van der Waals surface area (Å²) >= 11 is 0. The molecule has 0 fully saturated rings. The van der Waals surface area contributed by atoms with Gasteiger partial charge in [0, 0.05) is 6.07 Å². The molecule has 0 bridgehead atoms. The molecule has 2 aromatic heterocycles. The van der Waals surface area contributed by atoms with E-state index in [0.29, 0.717) is 17.4 Å². The molecule has 6 nitrogen and oxygen atoms in total. The van der Waals surface area contributed by atoms with Crippen molar-refractivity contribution in [2.45, 2.75) is 26.2 Å². The van der Waals surface area contributed by atoms with Crippen molar-refractivity contribution < 1.29 is 9.15 Å². The fraction of sp³-hybridized carbons (Fsp3) is 0.417. The van der Waals surface area contributed by atoms with Crippen LogP contribution in [0.25, 0.3) is 11.1 Å². The molecule has 1 N–H and O–H groups in total. The van der Waals surface area contributed by atoms with Gasteiger partial charge in [-0.1, -0.05) is 13.3 Å². The lowest BCUT2D eigenvalue weighted by atomic mass is 10.1. The van der Waals surface area contributed by atoms with E-state index in [1.807, 2.05) is 6.92 Å². The number of nitrogens with one attached hydrogen (secondary N) is 1. The van der Waals surface area contributed by atoms with Gasteiger partial charge in [0.2, 0.25) is 5.71 Å². The molecule has 18 heavy (non-hydrogen) atoms. The quantitative estimate of drug-likeness (QED) is 0.882. The molecule has 0 radical (unpaired) electrons. The van der Waals surface area contributed by atoms with E-state index in [1.165, 1.54) is 13.2 Å². The van der Waals surface area contributed by atoms with E-state index in [9.17, 15) is 9.59 Å². The van der Waals surface area contributed by atoms with Crippen LogP contribution >= 0.6 is 0 Å². The molecule has 2 aromatic rings. The fourth-order valence-corrected chi connectivity index (χ4v) is 1.79. The van der Waals surface area contributed by atoms with Gasteiger partial charge in [-0.3, -0.25) is 9.78 Å². The average molecular weight is 250 g/mol. The zero-order valence-corrected chi connectivity index (χ0v) is 10.3. The average Bonchev–Trinajstić information content (AvgIpc) is 2.34. The standard InChI is InChI=1S/C12H14N2O4/c1-3-4-5-7-6-8(15)18-11-9(7)10(16)13-12(14-11)17-2/h6H,3-5H2,1-2H3,(H,13,14,16). The number of nitrogens with zero attached hydrogens (tertiary/aromatic N) is 1. The van der Waals surface area contributed by atoms with Crippen LogP contribution in [0.15, 0.2) is 20.1 Å². The Hall–Kier alpha value is -2.11. The van der Waals surface area contributed by atoms with Crippen molar-refractivity contribution in [3.05, 3.63) is 32.4 Å². The maximum Gasteiger partial charge on any atom is 0.337 e. The van der Waals surface area contributed by atoms with Crippen molar-refractivity contribution in [2.24, 2.45) is 0 Å². The van der Waals surface area contributed by atoms with Gasteiger partial charge < -0.3 is 9.15 Å². The number of H-pyrrole nitrogens is 1. The van der Waals surface area contributed by atoms with Gasteiger partial charge >= 0.3 is 5.63 Å². The molecule has 6 heteroatoms. The number of rotatable bonds is 4. The molecular formula is C12H14N2O4. The fourth-order valence-electron chi connectivity index (χ4n) is 1.79. The second-order valence-electron chi connectivity index (χ2n) is 3.95. The second-order valence-corrected chi connectivity index (χ2v) is 3.95. The third-order valence-electron chi connectivity index (χ3n) is 2.67. The summed E-state index contributed by atoms with van der Waals surface area (Å²) in [6.45, 7) is 2.04. The first kappa shape index (κ1) is 12.3. The Labute approximate surface area is 103 Å². The van der Waals surface area contributed by atoms with Crippen molar-refractivity contribution in [3.8, 4) is 6.01 Å². The predicted molar refractivity (Wildman–Crippen MR) is 66.1 cm³/mol. The molecule has 0 spiro atoms. The molecule has 2 heterocycles. The molecule has 2 rings (SSSR count). The Kier molecular flexibility index (Phi) is 3.45. The van der Waals surface area contributed by atoms with E-state index in [1.54, 1.807) is 0 Å². The highest BCUT2D eigenvalue weighted by atomic mass is 16.5. The molecule has 0 atom stereocenters. The molecule has 0 aliphatic carbocycles. The maximum absolute atomic E-state index is 11.9. The van der Waals surface area contributed by atoms with E-state index >= 15 is 0 Å². The summed E-state index contributed by atoms with van der Waals surface area (Å²) in [5.74, 6) is 0. The third kappa shape index (κ3) is 2.27. The van der Waals surface area contributed by atoms with Gasteiger partial charge in [-0.2, -0.15) is 4.98 Å². The molecular weight excluding hydrogens is 236 g/mol. The Balaban J connectivity index is 2.71. The van der Waals surface area contributed by atoms with Gasteiger partial charge in [0.15, 0.2) is 0 Å². The molecule has 0 saturated carbocycles. The smallest absolute Gasteiger partial charge is 0.337 e. The van der Waals surface area contributed by atoms with E-state index in [2.05, 4.69) is 9.97 Å². The molecule has 0 amide bonds. The predicted octanol–water partition coefficient (Wildman–Crippen LogP) is 1.23. The van der Waals surface area contributed by atoms with Crippen LogP contribution in [0, 0.1) is 0 Å². The zero-order chi connectivity index (χ0) is 13.1. The summed E-state index contributed by atoms with van der Waals surface area (Å²) in [5, 5.41) is 0.323. The van der Waals surface area contributed by atoms with Crippen LogP contribution in [0.5, 0.6) is 6.01 Å². The highest BCUT2D eigenvalue weighted by molar-refractivity contribution is 5.75. The first-order chi connectivity index (χ1) is 8.65. The van der Waals surface area contributed by atoms with E-state index in [-0.39, 0.29) is 17.3 Å². The number of hydrogen-bond acceptors (Lipinski definition) is 5. The summed E-state index contributed by atoms with van der Waals surface area (Å²) < 4.78 is 9.77. The lowest BCUT2D eigenvalue weighted by Gasteiger charge is -2.04. The van der Waals surface area contributed by atoms with Gasteiger partial charge in [0.05, 0.1) is 7.11 Å². The molecule has 0 aliphatic heterocycles. The highest BCUT2D eigenvalue weighted by Crippen LogP contribution is 2.14. The Morgan fingerprint density at radius 1 is 1.44 bits per heavy atom. The van der Waals surface area contributed by atoms with Crippen LogP contribution < -0.4 is 15.9 Å². The lowest BCUT2D eigenvalue weighted by molar-refractivity contribution is 0.376. The first-order valence-electron chi connectivity index (χ1n) is 5.76. The Morgan fingerprint density at radius 2 is 2.22 bits per heavy atom. The number of hydrogen-bond donors (Lipinski definition) is 1. The minimum Gasteiger partial charge on any atom is -0.468 e. The molecule has 96 valence electrons.